The summed E-state index contributed by atoms with van der Waals surface area (Å²) in [6.07, 6.45) is 12.5. The summed E-state index contributed by atoms with van der Waals surface area (Å²) in [7, 11) is 0. The third kappa shape index (κ3) is 7.82. The van der Waals surface area contributed by atoms with Crippen LogP contribution in [0.3, 0.4) is 0 Å². The van der Waals surface area contributed by atoms with Crippen LogP contribution in [0, 0.1) is 5.92 Å². The highest BCUT2D eigenvalue weighted by Gasteiger charge is 2.37. The largest absolute Gasteiger partial charge is 0.480 e. The number of allylic oxidation sites excluding steroid dienone is 2. The molecule has 1 rings (SSSR count). The van der Waals surface area contributed by atoms with E-state index in [4.69, 9.17) is 10.8 Å². The summed E-state index contributed by atoms with van der Waals surface area (Å²) < 4.78 is 0. The summed E-state index contributed by atoms with van der Waals surface area (Å²) >= 11 is 0. The molecule has 0 bridgehead atoms. The number of aliphatic carboxylic acids is 1. The molecule has 2 amide bonds. The lowest BCUT2D eigenvalue weighted by atomic mass is 10.0. The van der Waals surface area contributed by atoms with E-state index in [0.29, 0.717) is 32.2 Å². The van der Waals surface area contributed by atoms with E-state index in [9.17, 15) is 14.4 Å². The quantitative estimate of drug-likeness (QED) is 0.301. The van der Waals surface area contributed by atoms with Gasteiger partial charge in [0, 0.05) is 13.0 Å². The number of amides is 2. The first kappa shape index (κ1) is 21.4. The first-order valence-electron chi connectivity index (χ1n) is 9.45. The van der Waals surface area contributed by atoms with Crippen molar-refractivity contribution >= 4 is 17.8 Å². The van der Waals surface area contributed by atoms with Crippen LogP contribution in [0.2, 0.25) is 0 Å². The van der Waals surface area contributed by atoms with E-state index in [0.717, 1.165) is 6.42 Å². The predicted octanol–water partition coefficient (Wildman–Crippen LogP) is 2.86. The van der Waals surface area contributed by atoms with Gasteiger partial charge in [-0.15, -0.1) is 0 Å². The van der Waals surface area contributed by atoms with Gasteiger partial charge in [-0.1, -0.05) is 38.3 Å². The Morgan fingerprint density at radius 2 is 2.00 bits per heavy atom. The Morgan fingerprint density at radius 3 is 2.68 bits per heavy atom. The highest BCUT2D eigenvalue weighted by atomic mass is 16.4. The predicted molar refractivity (Wildman–Crippen MR) is 96.8 cm³/mol. The number of nitrogens with two attached hydrogens (primary N) is 1. The van der Waals surface area contributed by atoms with Gasteiger partial charge in [0.05, 0.1) is 5.92 Å². The average molecular weight is 352 g/mol. The molecule has 0 aliphatic carbocycles. The fourth-order valence-electron chi connectivity index (χ4n) is 3.00. The third-order valence-electron chi connectivity index (χ3n) is 4.61. The monoisotopic (exact) mass is 352 g/mol. The van der Waals surface area contributed by atoms with Gasteiger partial charge in [0.15, 0.2) is 0 Å². The van der Waals surface area contributed by atoms with Crippen LogP contribution in [-0.2, 0) is 14.4 Å². The van der Waals surface area contributed by atoms with Crippen molar-refractivity contribution < 1.29 is 19.5 Å². The number of carbonyl (C=O) groups is 3. The maximum absolute atomic E-state index is 12.3. The Bertz CT molecular complexity index is 476. The second-order valence-corrected chi connectivity index (χ2v) is 6.78. The minimum Gasteiger partial charge on any atom is -0.480 e. The van der Waals surface area contributed by atoms with Crippen LogP contribution < -0.4 is 5.73 Å². The Balaban J connectivity index is 2.26. The van der Waals surface area contributed by atoms with Crippen LogP contribution in [0.4, 0.5) is 0 Å². The summed E-state index contributed by atoms with van der Waals surface area (Å²) in [5, 5.41) is 8.72. The number of carboxylic acids is 1. The molecule has 1 fully saturated rings. The molecule has 2 unspecified atom stereocenters. The third-order valence-corrected chi connectivity index (χ3v) is 4.61. The average Bonchev–Trinajstić information content (AvgIpc) is 2.84. The van der Waals surface area contributed by atoms with Crippen molar-refractivity contribution in [3.05, 3.63) is 12.2 Å². The van der Waals surface area contributed by atoms with Crippen molar-refractivity contribution in [1.82, 2.24) is 4.90 Å². The standard InChI is InChI=1S/C19H32N2O4/c1-2-3-4-5-6-7-8-11-15-14-17(22)21(18(15)23)13-10-9-12-16(20)19(24)25/h7-8,15-16H,2-6,9-14,20H2,1H3,(H,24,25). The number of carbonyl (C=O) groups excluding carboxylic acids is 2. The van der Waals surface area contributed by atoms with Crippen molar-refractivity contribution in [2.24, 2.45) is 11.7 Å². The van der Waals surface area contributed by atoms with Crippen LogP contribution in [0.1, 0.15) is 71.1 Å². The maximum Gasteiger partial charge on any atom is 0.320 e. The van der Waals surface area contributed by atoms with E-state index in [1.807, 2.05) is 6.08 Å². The number of hydrogen-bond donors (Lipinski definition) is 2. The molecule has 1 aliphatic rings. The number of hydrogen-bond acceptors (Lipinski definition) is 4. The first-order valence-corrected chi connectivity index (χ1v) is 9.45. The smallest absolute Gasteiger partial charge is 0.320 e. The minimum absolute atomic E-state index is 0.0943. The molecule has 2 atom stereocenters. The Kier molecular flexibility index (Phi) is 10.1. The molecule has 0 aromatic carbocycles. The number of carboxylic acid groups (broad SMARTS) is 1. The SMILES string of the molecule is CCCCCCC=CCC1CC(=O)N(CCCCC(N)C(=O)O)C1=O. The van der Waals surface area contributed by atoms with Crippen LogP contribution in [0.25, 0.3) is 0 Å². The highest BCUT2D eigenvalue weighted by Crippen LogP contribution is 2.23. The molecule has 6 heteroatoms. The van der Waals surface area contributed by atoms with Crippen LogP contribution in [0.5, 0.6) is 0 Å². The molecule has 0 aromatic rings. The molecule has 25 heavy (non-hydrogen) atoms. The number of likely N-dealkylation sites (tertiary alicyclic amines) is 1. The molecule has 142 valence electrons. The number of nitrogens with zero attached hydrogens (tertiary/aromatic N) is 1. The van der Waals surface area contributed by atoms with E-state index in [-0.39, 0.29) is 24.2 Å². The lowest BCUT2D eigenvalue weighted by Gasteiger charge is -2.15. The molecule has 0 spiro atoms. The molecule has 0 radical (unpaired) electrons. The van der Waals surface area contributed by atoms with E-state index >= 15 is 0 Å². The lowest BCUT2D eigenvalue weighted by molar-refractivity contribution is -0.140. The van der Waals surface area contributed by atoms with Gasteiger partial charge < -0.3 is 10.8 Å². The summed E-state index contributed by atoms with van der Waals surface area (Å²) in [6, 6.07) is -0.875. The number of imide groups is 1. The molecular formula is C19H32N2O4. The zero-order valence-corrected chi connectivity index (χ0v) is 15.3. The Labute approximate surface area is 150 Å². The fourth-order valence-corrected chi connectivity index (χ4v) is 3.00. The molecule has 3 N–H and O–H groups in total. The van der Waals surface area contributed by atoms with Crippen molar-refractivity contribution in [3.63, 3.8) is 0 Å². The molecule has 0 saturated carbocycles. The van der Waals surface area contributed by atoms with Gasteiger partial charge in [0.1, 0.15) is 6.04 Å². The maximum atomic E-state index is 12.3. The highest BCUT2D eigenvalue weighted by molar-refractivity contribution is 6.03. The van der Waals surface area contributed by atoms with Gasteiger partial charge in [-0.05, 0) is 38.5 Å². The van der Waals surface area contributed by atoms with E-state index in [1.165, 1.54) is 30.6 Å². The summed E-state index contributed by atoms with van der Waals surface area (Å²) in [5.74, 6) is -1.47. The summed E-state index contributed by atoms with van der Waals surface area (Å²) in [6.45, 7) is 2.55. The molecule has 6 nitrogen and oxygen atoms in total. The van der Waals surface area contributed by atoms with Crippen LogP contribution >= 0.6 is 0 Å². The van der Waals surface area contributed by atoms with Gasteiger partial charge >= 0.3 is 5.97 Å². The topological polar surface area (TPSA) is 101 Å². The van der Waals surface area contributed by atoms with Gasteiger partial charge in [0.25, 0.3) is 0 Å². The minimum atomic E-state index is -1.02. The van der Waals surface area contributed by atoms with Crippen molar-refractivity contribution in [2.75, 3.05) is 6.54 Å². The second-order valence-electron chi connectivity index (χ2n) is 6.78. The van der Waals surface area contributed by atoms with Gasteiger partial charge in [-0.2, -0.15) is 0 Å². The molecular weight excluding hydrogens is 320 g/mol. The second kappa shape index (κ2) is 11.8. The van der Waals surface area contributed by atoms with Gasteiger partial charge in [-0.25, -0.2) is 0 Å². The number of unbranched alkanes of at least 4 members (excludes halogenated alkanes) is 5. The van der Waals surface area contributed by atoms with Crippen molar-refractivity contribution in [1.29, 1.82) is 0 Å². The normalized spacial score (nSPS) is 19.1. The van der Waals surface area contributed by atoms with Gasteiger partial charge in [-0.3, -0.25) is 19.3 Å². The van der Waals surface area contributed by atoms with Gasteiger partial charge in [0.2, 0.25) is 11.8 Å². The molecule has 1 aliphatic heterocycles. The molecule has 1 saturated heterocycles. The zero-order valence-electron chi connectivity index (χ0n) is 15.3. The summed E-state index contributed by atoms with van der Waals surface area (Å²) in [4.78, 5) is 36.3. The lowest BCUT2D eigenvalue weighted by Crippen LogP contribution is -2.32. The van der Waals surface area contributed by atoms with Crippen LogP contribution in [-0.4, -0.2) is 40.4 Å². The Morgan fingerprint density at radius 1 is 1.24 bits per heavy atom. The fraction of sp³-hybridized carbons (Fsp3) is 0.737. The summed E-state index contributed by atoms with van der Waals surface area (Å²) in [5.41, 5.74) is 5.44. The zero-order chi connectivity index (χ0) is 18.7. The Hall–Kier alpha value is -1.69. The van der Waals surface area contributed by atoms with E-state index < -0.39 is 12.0 Å². The van der Waals surface area contributed by atoms with Crippen molar-refractivity contribution in [3.8, 4) is 0 Å². The number of rotatable bonds is 13. The molecule has 1 heterocycles. The van der Waals surface area contributed by atoms with E-state index in [1.54, 1.807) is 0 Å². The van der Waals surface area contributed by atoms with E-state index in [2.05, 4.69) is 13.0 Å². The molecule has 0 aromatic heterocycles. The first-order chi connectivity index (χ1) is 12.0. The van der Waals surface area contributed by atoms with Crippen LogP contribution in [0.15, 0.2) is 12.2 Å². The van der Waals surface area contributed by atoms with Crippen molar-refractivity contribution in [2.45, 2.75) is 77.2 Å².